The van der Waals surface area contributed by atoms with Crippen molar-refractivity contribution < 1.29 is 9.84 Å². The van der Waals surface area contributed by atoms with E-state index in [0.29, 0.717) is 6.61 Å². The summed E-state index contributed by atoms with van der Waals surface area (Å²) in [6.45, 7) is 6.42. The highest BCUT2D eigenvalue weighted by Gasteiger charge is 2.17. The van der Waals surface area contributed by atoms with E-state index in [4.69, 9.17) is 14.9 Å². The van der Waals surface area contributed by atoms with Crippen LogP contribution in [0.4, 0.5) is 5.82 Å². The van der Waals surface area contributed by atoms with Gasteiger partial charge in [0.25, 0.3) is 0 Å². The molecular weight excluding hydrogens is 290 g/mol. The quantitative estimate of drug-likeness (QED) is 0.673. The summed E-state index contributed by atoms with van der Waals surface area (Å²) in [6.07, 6.45) is 7.73. The lowest BCUT2D eigenvalue weighted by Gasteiger charge is -2.27. The van der Waals surface area contributed by atoms with E-state index < -0.39 is 0 Å². The van der Waals surface area contributed by atoms with Gasteiger partial charge in [0.15, 0.2) is 5.82 Å². The molecule has 0 spiro atoms. The molecule has 1 aliphatic rings. The van der Waals surface area contributed by atoms with Gasteiger partial charge in [-0.05, 0) is 50.9 Å². The fourth-order valence-corrected chi connectivity index (χ4v) is 3.28. The molecule has 2 heterocycles. The van der Waals surface area contributed by atoms with E-state index in [0.717, 1.165) is 63.7 Å². The molecule has 1 N–H and O–H groups in total. The van der Waals surface area contributed by atoms with Crippen molar-refractivity contribution in [1.29, 1.82) is 0 Å². The Morgan fingerprint density at radius 1 is 1.26 bits per heavy atom. The molecule has 1 aromatic rings. The predicted octanol–water partition coefficient (Wildman–Crippen LogP) is 2.77. The third-order valence-corrected chi connectivity index (χ3v) is 4.88. The average molecular weight is 323 g/mol. The zero-order chi connectivity index (χ0) is 16.5. The summed E-state index contributed by atoms with van der Waals surface area (Å²) in [4.78, 5) is 2.44. The molecule has 1 saturated heterocycles. The summed E-state index contributed by atoms with van der Waals surface area (Å²) in [7, 11) is 2.03. The van der Waals surface area contributed by atoms with Crippen LogP contribution in [0, 0.1) is 5.92 Å². The van der Waals surface area contributed by atoms with Crippen molar-refractivity contribution in [2.75, 3.05) is 37.8 Å². The number of ether oxygens (including phenoxy) is 1. The first-order valence-electron chi connectivity index (χ1n) is 9.21. The Morgan fingerprint density at radius 2 is 2.04 bits per heavy atom. The summed E-state index contributed by atoms with van der Waals surface area (Å²) in [5, 5.41) is 13.7. The minimum absolute atomic E-state index is 0.297. The van der Waals surface area contributed by atoms with Crippen molar-refractivity contribution in [2.24, 2.45) is 13.0 Å². The molecule has 5 heteroatoms. The van der Waals surface area contributed by atoms with Crippen LogP contribution in [0.3, 0.4) is 0 Å². The monoisotopic (exact) mass is 323 g/mol. The number of aliphatic hydroxyl groups excluding tert-OH is 1. The molecule has 132 valence electrons. The van der Waals surface area contributed by atoms with Crippen LogP contribution >= 0.6 is 0 Å². The smallest absolute Gasteiger partial charge is 0.150 e. The lowest BCUT2D eigenvalue weighted by molar-refractivity contribution is 0.0644. The molecule has 0 bridgehead atoms. The first-order valence-corrected chi connectivity index (χ1v) is 9.21. The number of unbranched alkanes of at least 4 members (excludes halogenated alkanes) is 2. The second-order valence-electron chi connectivity index (χ2n) is 6.59. The maximum Gasteiger partial charge on any atom is 0.150 e. The summed E-state index contributed by atoms with van der Waals surface area (Å²) in [5.74, 6) is 1.90. The molecule has 23 heavy (non-hydrogen) atoms. The van der Waals surface area contributed by atoms with Crippen LogP contribution in [0.25, 0.3) is 0 Å². The molecule has 0 aliphatic carbocycles. The van der Waals surface area contributed by atoms with E-state index in [9.17, 15) is 0 Å². The van der Waals surface area contributed by atoms with Gasteiger partial charge in [0, 0.05) is 51.7 Å². The fourth-order valence-electron chi connectivity index (χ4n) is 3.28. The molecule has 1 fully saturated rings. The molecule has 5 nitrogen and oxygen atoms in total. The Labute approximate surface area is 140 Å². The van der Waals surface area contributed by atoms with Crippen LogP contribution in [-0.4, -0.2) is 47.8 Å². The minimum atomic E-state index is 0.297. The maximum absolute atomic E-state index is 8.95. The van der Waals surface area contributed by atoms with Crippen LogP contribution in [0.15, 0.2) is 6.07 Å². The summed E-state index contributed by atoms with van der Waals surface area (Å²) < 4.78 is 7.47. The van der Waals surface area contributed by atoms with E-state index in [-0.39, 0.29) is 0 Å². The number of aliphatic hydroxyl groups is 1. The highest BCUT2D eigenvalue weighted by atomic mass is 16.5. The topological polar surface area (TPSA) is 50.5 Å². The summed E-state index contributed by atoms with van der Waals surface area (Å²) in [6, 6.07) is 2.23. The number of aromatic nitrogens is 2. The zero-order valence-corrected chi connectivity index (χ0v) is 14.8. The Balaban J connectivity index is 1.92. The van der Waals surface area contributed by atoms with Gasteiger partial charge in [0.05, 0.1) is 0 Å². The lowest BCUT2D eigenvalue weighted by atomic mass is 9.96. The summed E-state index contributed by atoms with van der Waals surface area (Å²) in [5.41, 5.74) is 1.28. The average Bonchev–Trinajstić information content (AvgIpc) is 2.96. The minimum Gasteiger partial charge on any atom is -0.396 e. The Morgan fingerprint density at radius 3 is 2.70 bits per heavy atom. The van der Waals surface area contributed by atoms with Crippen molar-refractivity contribution >= 4 is 5.82 Å². The first kappa shape index (κ1) is 18.3. The van der Waals surface area contributed by atoms with Gasteiger partial charge in [-0.25, -0.2) is 0 Å². The highest BCUT2D eigenvalue weighted by Crippen LogP contribution is 2.22. The molecule has 0 atom stereocenters. The van der Waals surface area contributed by atoms with Crippen molar-refractivity contribution in [3.63, 3.8) is 0 Å². The molecule has 0 aromatic carbocycles. The third kappa shape index (κ3) is 5.81. The predicted molar refractivity (Wildman–Crippen MR) is 93.9 cm³/mol. The van der Waals surface area contributed by atoms with Crippen LogP contribution in [0.5, 0.6) is 0 Å². The van der Waals surface area contributed by atoms with Crippen LogP contribution in [0.2, 0.25) is 0 Å². The highest BCUT2D eigenvalue weighted by molar-refractivity contribution is 5.39. The molecule has 1 aliphatic heterocycles. The largest absolute Gasteiger partial charge is 0.396 e. The number of hydrogen-bond acceptors (Lipinski definition) is 4. The van der Waals surface area contributed by atoms with Gasteiger partial charge in [-0.3, -0.25) is 4.68 Å². The van der Waals surface area contributed by atoms with Crippen LogP contribution in [0.1, 0.15) is 51.1 Å². The van der Waals surface area contributed by atoms with E-state index in [2.05, 4.69) is 17.9 Å². The van der Waals surface area contributed by atoms with Crippen LogP contribution in [-0.2, 0) is 18.2 Å². The molecule has 0 unspecified atom stereocenters. The third-order valence-electron chi connectivity index (χ3n) is 4.88. The molecular formula is C18H33N3O2. The fraction of sp³-hybridized carbons (Fsp3) is 0.833. The van der Waals surface area contributed by atoms with Crippen molar-refractivity contribution in [3.05, 3.63) is 11.8 Å². The summed E-state index contributed by atoms with van der Waals surface area (Å²) >= 11 is 0. The van der Waals surface area contributed by atoms with Gasteiger partial charge in [-0.2, -0.15) is 5.10 Å². The molecule has 0 radical (unpaired) electrons. The van der Waals surface area contributed by atoms with Crippen LogP contribution < -0.4 is 4.90 Å². The van der Waals surface area contributed by atoms with Crippen molar-refractivity contribution in [2.45, 2.75) is 51.9 Å². The Hall–Kier alpha value is -1.07. The van der Waals surface area contributed by atoms with E-state index in [1.165, 1.54) is 25.0 Å². The number of anilines is 1. The Kier molecular flexibility index (Phi) is 7.89. The second-order valence-corrected chi connectivity index (χ2v) is 6.59. The molecule has 0 saturated carbocycles. The maximum atomic E-state index is 8.95. The van der Waals surface area contributed by atoms with Gasteiger partial charge in [0.2, 0.25) is 0 Å². The van der Waals surface area contributed by atoms with E-state index in [1.54, 1.807) is 0 Å². The number of hydrogen-bond donors (Lipinski definition) is 1. The van der Waals surface area contributed by atoms with Gasteiger partial charge in [0.1, 0.15) is 0 Å². The molecule has 0 amide bonds. The van der Waals surface area contributed by atoms with E-state index >= 15 is 0 Å². The normalized spacial score (nSPS) is 16.0. The zero-order valence-electron chi connectivity index (χ0n) is 14.8. The Bertz CT molecular complexity index is 441. The number of rotatable bonds is 10. The lowest BCUT2D eigenvalue weighted by Crippen LogP contribution is -2.29. The number of aryl methyl sites for hydroxylation is 2. The van der Waals surface area contributed by atoms with Gasteiger partial charge in [-0.1, -0.05) is 6.92 Å². The number of nitrogens with zero attached hydrogens (tertiary/aromatic N) is 3. The van der Waals surface area contributed by atoms with Gasteiger partial charge in [-0.15, -0.1) is 0 Å². The molecule has 2 rings (SSSR count). The SMILES string of the molecule is CCc1cc(N(CCCCCO)CCC2CCOCC2)nn1C. The first-order chi connectivity index (χ1) is 11.2. The van der Waals surface area contributed by atoms with Crippen molar-refractivity contribution in [3.8, 4) is 0 Å². The van der Waals surface area contributed by atoms with E-state index in [1.807, 2.05) is 11.7 Å². The standard InChI is InChI=1S/C18H33N3O2/c1-3-17-15-18(19-20(17)2)21(10-5-4-6-12-22)11-7-16-8-13-23-14-9-16/h15-16,22H,3-14H2,1-2H3. The van der Waals surface area contributed by atoms with Gasteiger partial charge >= 0.3 is 0 Å². The van der Waals surface area contributed by atoms with Gasteiger partial charge < -0.3 is 14.7 Å². The second kappa shape index (κ2) is 9.93. The van der Waals surface area contributed by atoms with Crippen molar-refractivity contribution in [1.82, 2.24) is 9.78 Å². The molecule has 1 aromatic heterocycles.